The Hall–Kier alpha value is -4.42. The van der Waals surface area contributed by atoms with E-state index >= 15 is 0 Å². The molecule has 0 unspecified atom stereocenters. The summed E-state index contributed by atoms with van der Waals surface area (Å²) >= 11 is 0. The number of anilines is 2. The second-order valence-corrected chi connectivity index (χ2v) is 9.52. The molecule has 40 heavy (non-hydrogen) atoms. The lowest BCUT2D eigenvalue weighted by Gasteiger charge is -2.29. The molecule has 0 atom stereocenters. The van der Waals surface area contributed by atoms with Gasteiger partial charge in [0.25, 0.3) is 0 Å². The van der Waals surface area contributed by atoms with E-state index in [0.717, 1.165) is 37.4 Å². The SMILES string of the molecule is O=C(Cc1ccccc1)NC1CCC(CNc2nc(NCc3ccccc3OC(F)(F)F)ncc2[N+](=O)[O-])CC1. The molecule has 2 aromatic carbocycles. The van der Waals surface area contributed by atoms with Crippen molar-refractivity contribution in [3.05, 3.63) is 82.0 Å². The highest BCUT2D eigenvalue weighted by Gasteiger charge is 2.32. The number of aromatic nitrogens is 2. The molecule has 1 fully saturated rings. The van der Waals surface area contributed by atoms with Gasteiger partial charge < -0.3 is 20.7 Å². The molecular formula is C27H29F3N6O4. The molecule has 10 nitrogen and oxygen atoms in total. The molecule has 0 spiro atoms. The molecule has 3 aromatic rings. The molecule has 4 rings (SSSR count). The first-order chi connectivity index (χ1) is 19.2. The first-order valence-corrected chi connectivity index (χ1v) is 12.8. The highest BCUT2D eigenvalue weighted by atomic mass is 19.4. The van der Waals surface area contributed by atoms with Gasteiger partial charge >= 0.3 is 12.0 Å². The van der Waals surface area contributed by atoms with Crippen LogP contribution in [0.15, 0.2) is 60.8 Å². The summed E-state index contributed by atoms with van der Waals surface area (Å²) in [4.78, 5) is 31.4. The van der Waals surface area contributed by atoms with E-state index in [-0.39, 0.29) is 53.2 Å². The van der Waals surface area contributed by atoms with Crippen LogP contribution in [-0.4, -0.2) is 39.7 Å². The molecule has 0 aliphatic heterocycles. The fourth-order valence-corrected chi connectivity index (χ4v) is 4.58. The molecule has 0 saturated heterocycles. The second kappa shape index (κ2) is 13.1. The van der Waals surface area contributed by atoms with Gasteiger partial charge in [0.15, 0.2) is 0 Å². The number of rotatable bonds is 11. The summed E-state index contributed by atoms with van der Waals surface area (Å²) in [5.74, 6) is -0.133. The number of amides is 1. The third-order valence-electron chi connectivity index (χ3n) is 6.58. The minimum Gasteiger partial charge on any atom is -0.405 e. The smallest absolute Gasteiger partial charge is 0.405 e. The molecule has 0 radical (unpaired) electrons. The van der Waals surface area contributed by atoms with Crippen LogP contribution in [0.3, 0.4) is 0 Å². The Balaban J connectivity index is 1.30. The van der Waals surface area contributed by atoms with Gasteiger partial charge in [0.2, 0.25) is 17.7 Å². The van der Waals surface area contributed by atoms with Gasteiger partial charge in [0.05, 0.1) is 11.3 Å². The van der Waals surface area contributed by atoms with Gasteiger partial charge in [-0.3, -0.25) is 14.9 Å². The number of carbonyl (C=O) groups excluding carboxylic acids is 1. The number of ether oxygens (including phenoxy) is 1. The molecule has 1 amide bonds. The van der Waals surface area contributed by atoms with E-state index in [1.807, 2.05) is 30.3 Å². The summed E-state index contributed by atoms with van der Waals surface area (Å²) in [5.41, 5.74) is 0.856. The zero-order valence-electron chi connectivity index (χ0n) is 21.5. The Morgan fingerprint density at radius 2 is 1.73 bits per heavy atom. The van der Waals surface area contributed by atoms with Crippen LogP contribution in [0, 0.1) is 16.0 Å². The quantitative estimate of drug-likeness (QED) is 0.216. The molecule has 3 N–H and O–H groups in total. The van der Waals surface area contributed by atoms with E-state index in [9.17, 15) is 28.1 Å². The maximum Gasteiger partial charge on any atom is 0.573 e. The minimum atomic E-state index is -4.84. The van der Waals surface area contributed by atoms with Crippen molar-refractivity contribution in [2.24, 2.45) is 5.92 Å². The van der Waals surface area contributed by atoms with E-state index in [0.29, 0.717) is 13.0 Å². The monoisotopic (exact) mass is 558 g/mol. The van der Waals surface area contributed by atoms with Gasteiger partial charge in [0, 0.05) is 24.7 Å². The number of para-hydroxylation sites is 1. The van der Waals surface area contributed by atoms with Crippen LogP contribution in [-0.2, 0) is 17.8 Å². The van der Waals surface area contributed by atoms with E-state index in [1.54, 1.807) is 6.07 Å². The number of nitro groups is 1. The van der Waals surface area contributed by atoms with Crippen molar-refractivity contribution in [2.45, 2.75) is 51.1 Å². The predicted octanol–water partition coefficient (Wildman–Crippen LogP) is 5.23. The van der Waals surface area contributed by atoms with Crippen LogP contribution < -0.4 is 20.7 Å². The fraction of sp³-hybridized carbons (Fsp3) is 0.370. The van der Waals surface area contributed by atoms with Crippen molar-refractivity contribution in [1.29, 1.82) is 0 Å². The highest BCUT2D eigenvalue weighted by Crippen LogP contribution is 2.29. The largest absolute Gasteiger partial charge is 0.573 e. The lowest BCUT2D eigenvalue weighted by molar-refractivity contribution is -0.384. The van der Waals surface area contributed by atoms with Crippen molar-refractivity contribution in [3.63, 3.8) is 0 Å². The number of benzene rings is 2. The van der Waals surface area contributed by atoms with Gasteiger partial charge in [-0.15, -0.1) is 13.2 Å². The average molecular weight is 559 g/mol. The van der Waals surface area contributed by atoms with Gasteiger partial charge in [-0.1, -0.05) is 48.5 Å². The van der Waals surface area contributed by atoms with Crippen molar-refractivity contribution in [3.8, 4) is 5.75 Å². The lowest BCUT2D eigenvalue weighted by Crippen LogP contribution is -2.39. The standard InChI is InChI=1S/C27H29F3N6O4/c28-27(29,30)40-23-9-5-4-8-20(23)16-32-26-33-17-22(36(38)39)25(35-26)31-15-19-10-12-21(13-11-19)34-24(37)14-18-6-2-1-3-7-18/h1-9,17,19,21H,10-16H2,(H,34,37)(H2,31,32,33,35). The summed E-state index contributed by atoms with van der Waals surface area (Å²) in [5, 5.41) is 20.4. The lowest BCUT2D eigenvalue weighted by atomic mass is 9.86. The van der Waals surface area contributed by atoms with Gasteiger partial charge in [0.1, 0.15) is 11.9 Å². The number of nitrogens with one attached hydrogen (secondary N) is 3. The molecule has 1 heterocycles. The Morgan fingerprint density at radius 3 is 2.42 bits per heavy atom. The number of halogens is 3. The van der Waals surface area contributed by atoms with Crippen molar-refractivity contribution in [2.75, 3.05) is 17.2 Å². The Morgan fingerprint density at radius 1 is 1.02 bits per heavy atom. The van der Waals surface area contributed by atoms with E-state index in [4.69, 9.17) is 0 Å². The van der Waals surface area contributed by atoms with Crippen molar-refractivity contribution < 1.29 is 27.6 Å². The Kier molecular flexibility index (Phi) is 9.35. The van der Waals surface area contributed by atoms with Gasteiger partial charge in [-0.25, -0.2) is 4.98 Å². The van der Waals surface area contributed by atoms with E-state index < -0.39 is 11.3 Å². The molecule has 0 bridgehead atoms. The van der Waals surface area contributed by atoms with Crippen LogP contribution >= 0.6 is 0 Å². The predicted molar refractivity (Wildman–Crippen MR) is 142 cm³/mol. The third kappa shape index (κ3) is 8.55. The number of hydrogen-bond donors (Lipinski definition) is 3. The summed E-state index contributed by atoms with van der Waals surface area (Å²) in [6.45, 7) is 0.341. The van der Waals surface area contributed by atoms with Crippen LogP contribution in [0.4, 0.5) is 30.6 Å². The van der Waals surface area contributed by atoms with Crippen molar-refractivity contribution in [1.82, 2.24) is 15.3 Å². The Labute approximate surface area is 228 Å². The number of carbonyl (C=O) groups is 1. The molecule has 13 heteroatoms. The first-order valence-electron chi connectivity index (χ1n) is 12.8. The summed E-state index contributed by atoms with van der Waals surface area (Å²) in [7, 11) is 0. The van der Waals surface area contributed by atoms with Crippen molar-refractivity contribution >= 4 is 23.4 Å². The van der Waals surface area contributed by atoms with Crippen LogP contribution in [0.5, 0.6) is 5.75 Å². The Bertz CT molecular complexity index is 1300. The molecular weight excluding hydrogens is 529 g/mol. The number of hydrogen-bond acceptors (Lipinski definition) is 8. The second-order valence-electron chi connectivity index (χ2n) is 9.52. The van der Waals surface area contributed by atoms with Gasteiger partial charge in [-0.05, 0) is 43.2 Å². The molecule has 1 saturated carbocycles. The number of nitrogens with zero attached hydrogens (tertiary/aromatic N) is 3. The zero-order valence-corrected chi connectivity index (χ0v) is 21.5. The fourth-order valence-electron chi connectivity index (χ4n) is 4.58. The van der Waals surface area contributed by atoms with Gasteiger partial charge in [-0.2, -0.15) is 4.98 Å². The number of alkyl halides is 3. The first kappa shape index (κ1) is 28.6. The molecule has 1 aliphatic rings. The summed E-state index contributed by atoms with van der Waals surface area (Å²) in [6.07, 6.45) is -0.224. The topological polar surface area (TPSA) is 131 Å². The third-order valence-corrected chi connectivity index (χ3v) is 6.58. The molecule has 1 aromatic heterocycles. The van der Waals surface area contributed by atoms with E-state index in [2.05, 4.69) is 30.7 Å². The van der Waals surface area contributed by atoms with E-state index in [1.165, 1.54) is 18.2 Å². The summed E-state index contributed by atoms with van der Waals surface area (Å²) < 4.78 is 42.1. The van der Waals surface area contributed by atoms with Crippen LogP contribution in [0.2, 0.25) is 0 Å². The normalized spacial score (nSPS) is 17.1. The average Bonchev–Trinajstić information content (AvgIpc) is 2.92. The van der Waals surface area contributed by atoms with Crippen LogP contribution in [0.1, 0.15) is 36.8 Å². The molecule has 1 aliphatic carbocycles. The molecule has 212 valence electrons. The zero-order chi connectivity index (χ0) is 28.5. The minimum absolute atomic E-state index is 0.0137. The maximum absolute atomic E-state index is 12.7. The van der Waals surface area contributed by atoms with Crippen LogP contribution in [0.25, 0.3) is 0 Å². The maximum atomic E-state index is 12.7. The summed E-state index contributed by atoms with van der Waals surface area (Å²) in [6, 6.07) is 15.2. The highest BCUT2D eigenvalue weighted by molar-refractivity contribution is 5.78.